The maximum absolute atomic E-state index is 5.06. The Labute approximate surface area is 97.0 Å². The molecule has 0 amide bonds. The van der Waals surface area contributed by atoms with Gasteiger partial charge in [0.2, 0.25) is 5.95 Å². The number of nitrogens with zero attached hydrogens (tertiary/aromatic N) is 2. The summed E-state index contributed by atoms with van der Waals surface area (Å²) in [6, 6.07) is 0. The van der Waals surface area contributed by atoms with Gasteiger partial charge < -0.3 is 14.6 Å². The van der Waals surface area contributed by atoms with Gasteiger partial charge in [-0.15, -0.1) is 0 Å². The monoisotopic (exact) mass is 223 g/mol. The molecule has 1 saturated carbocycles. The van der Waals surface area contributed by atoms with Gasteiger partial charge in [0.25, 0.3) is 0 Å². The summed E-state index contributed by atoms with van der Waals surface area (Å²) in [7, 11) is 1.74. The fraction of sp³-hybridized carbons (Fsp3) is 0.750. The maximum Gasteiger partial charge on any atom is 0.203 e. The molecule has 0 aliphatic heterocycles. The van der Waals surface area contributed by atoms with Gasteiger partial charge in [-0.05, 0) is 32.1 Å². The van der Waals surface area contributed by atoms with Gasteiger partial charge in [-0.2, -0.15) is 0 Å². The molecular formula is C12H21N3O. The number of hydrogen-bond acceptors (Lipinski definition) is 3. The number of ether oxygens (including phenoxy) is 1. The number of hydrogen-bond donors (Lipinski definition) is 1. The molecule has 0 spiro atoms. The van der Waals surface area contributed by atoms with Gasteiger partial charge in [0.1, 0.15) is 0 Å². The van der Waals surface area contributed by atoms with Crippen LogP contribution in [-0.4, -0.2) is 29.8 Å². The van der Waals surface area contributed by atoms with Gasteiger partial charge in [-0.3, -0.25) is 0 Å². The van der Waals surface area contributed by atoms with Crippen LogP contribution < -0.4 is 5.32 Å². The molecule has 0 bridgehead atoms. The van der Waals surface area contributed by atoms with Gasteiger partial charge in [0.05, 0.1) is 5.69 Å². The van der Waals surface area contributed by atoms with Crippen molar-refractivity contribution in [2.75, 3.05) is 25.6 Å². The van der Waals surface area contributed by atoms with Crippen molar-refractivity contribution >= 4 is 5.95 Å². The summed E-state index contributed by atoms with van der Waals surface area (Å²) in [6.07, 6.45) is 5.88. The van der Waals surface area contributed by atoms with E-state index in [0.29, 0.717) is 0 Å². The van der Waals surface area contributed by atoms with Crippen LogP contribution in [0.15, 0.2) is 6.20 Å². The first kappa shape index (κ1) is 11.5. The predicted molar refractivity (Wildman–Crippen MR) is 64.7 cm³/mol. The number of aromatic nitrogens is 2. The van der Waals surface area contributed by atoms with Gasteiger partial charge in [-0.25, -0.2) is 4.98 Å². The normalized spacial score (nSPS) is 15.4. The SMILES string of the molecule is COCCCn1cc(C)nc1NCC1CC1. The summed E-state index contributed by atoms with van der Waals surface area (Å²) in [5.74, 6) is 1.89. The molecule has 16 heavy (non-hydrogen) atoms. The zero-order chi connectivity index (χ0) is 11.4. The molecule has 1 heterocycles. The zero-order valence-corrected chi connectivity index (χ0v) is 10.2. The van der Waals surface area contributed by atoms with E-state index in [1.165, 1.54) is 12.8 Å². The fourth-order valence-electron chi connectivity index (χ4n) is 1.80. The third-order valence-corrected chi connectivity index (χ3v) is 2.89. The highest BCUT2D eigenvalue weighted by molar-refractivity contribution is 5.29. The lowest BCUT2D eigenvalue weighted by Crippen LogP contribution is -2.10. The first-order chi connectivity index (χ1) is 7.79. The third kappa shape index (κ3) is 3.23. The van der Waals surface area contributed by atoms with E-state index >= 15 is 0 Å². The topological polar surface area (TPSA) is 39.1 Å². The second kappa shape index (κ2) is 5.34. The number of imidazole rings is 1. The Bertz CT molecular complexity index is 331. The van der Waals surface area contributed by atoms with Crippen LogP contribution in [0.2, 0.25) is 0 Å². The van der Waals surface area contributed by atoms with Crippen molar-refractivity contribution in [2.45, 2.75) is 32.7 Å². The molecule has 1 aliphatic rings. The first-order valence-electron chi connectivity index (χ1n) is 6.06. The van der Waals surface area contributed by atoms with Crippen LogP contribution in [0, 0.1) is 12.8 Å². The van der Waals surface area contributed by atoms with Crippen LogP contribution in [0.3, 0.4) is 0 Å². The van der Waals surface area contributed by atoms with Crippen molar-refractivity contribution in [3.05, 3.63) is 11.9 Å². The summed E-state index contributed by atoms with van der Waals surface area (Å²) in [5, 5.41) is 3.43. The maximum atomic E-state index is 5.06. The number of aryl methyl sites for hydroxylation is 2. The van der Waals surface area contributed by atoms with E-state index in [4.69, 9.17) is 4.74 Å². The Morgan fingerprint density at radius 1 is 1.56 bits per heavy atom. The summed E-state index contributed by atoms with van der Waals surface area (Å²) in [6.45, 7) is 4.89. The molecule has 1 aromatic heterocycles. The van der Waals surface area contributed by atoms with Gasteiger partial charge in [-0.1, -0.05) is 0 Å². The number of nitrogens with one attached hydrogen (secondary N) is 1. The van der Waals surface area contributed by atoms with Gasteiger partial charge in [0.15, 0.2) is 0 Å². The van der Waals surface area contributed by atoms with Crippen molar-refractivity contribution in [1.82, 2.24) is 9.55 Å². The lowest BCUT2D eigenvalue weighted by Gasteiger charge is -2.08. The highest BCUT2D eigenvalue weighted by Gasteiger charge is 2.21. The zero-order valence-electron chi connectivity index (χ0n) is 10.2. The van der Waals surface area contributed by atoms with Gasteiger partial charge >= 0.3 is 0 Å². The molecule has 1 aromatic rings. The van der Waals surface area contributed by atoms with Crippen LogP contribution in [0.5, 0.6) is 0 Å². The van der Waals surface area contributed by atoms with Crippen LogP contribution in [-0.2, 0) is 11.3 Å². The highest BCUT2D eigenvalue weighted by Crippen LogP contribution is 2.28. The second-order valence-corrected chi connectivity index (χ2v) is 4.57. The minimum absolute atomic E-state index is 0.805. The minimum atomic E-state index is 0.805. The standard InChI is InChI=1S/C12H21N3O/c1-10-9-15(6-3-7-16-2)12(14-10)13-8-11-4-5-11/h9,11H,3-8H2,1-2H3,(H,13,14). The van der Waals surface area contributed by atoms with E-state index in [1.807, 2.05) is 6.92 Å². The smallest absolute Gasteiger partial charge is 0.203 e. The molecule has 2 rings (SSSR count). The van der Waals surface area contributed by atoms with Crippen molar-refractivity contribution < 1.29 is 4.74 Å². The Morgan fingerprint density at radius 2 is 2.38 bits per heavy atom. The van der Waals surface area contributed by atoms with Gasteiger partial charge in [0, 0.05) is 33.0 Å². The molecule has 0 saturated heterocycles. The lowest BCUT2D eigenvalue weighted by molar-refractivity contribution is 0.190. The number of rotatable bonds is 7. The number of anilines is 1. The molecule has 0 aromatic carbocycles. The quantitative estimate of drug-likeness (QED) is 0.719. The predicted octanol–water partition coefficient (Wildman–Crippen LogP) is 2.05. The van der Waals surface area contributed by atoms with E-state index in [1.54, 1.807) is 7.11 Å². The molecule has 0 radical (unpaired) electrons. The van der Waals surface area contributed by atoms with Crippen LogP contribution in [0.4, 0.5) is 5.95 Å². The molecule has 90 valence electrons. The van der Waals surface area contributed by atoms with E-state index in [2.05, 4.69) is 21.1 Å². The van der Waals surface area contributed by atoms with Crippen LogP contribution >= 0.6 is 0 Å². The molecule has 0 atom stereocenters. The fourth-order valence-corrected chi connectivity index (χ4v) is 1.80. The van der Waals surface area contributed by atoms with Crippen LogP contribution in [0.25, 0.3) is 0 Å². The lowest BCUT2D eigenvalue weighted by atomic mass is 10.4. The second-order valence-electron chi connectivity index (χ2n) is 4.57. The van der Waals surface area contributed by atoms with Crippen molar-refractivity contribution in [3.63, 3.8) is 0 Å². The Hall–Kier alpha value is -1.03. The largest absolute Gasteiger partial charge is 0.385 e. The first-order valence-corrected chi connectivity index (χ1v) is 6.06. The number of methoxy groups -OCH3 is 1. The highest BCUT2D eigenvalue weighted by atomic mass is 16.5. The summed E-state index contributed by atoms with van der Waals surface area (Å²) < 4.78 is 7.26. The van der Waals surface area contributed by atoms with E-state index in [-0.39, 0.29) is 0 Å². The summed E-state index contributed by atoms with van der Waals surface area (Å²) >= 11 is 0. The van der Waals surface area contributed by atoms with Crippen molar-refractivity contribution in [2.24, 2.45) is 5.92 Å². The third-order valence-electron chi connectivity index (χ3n) is 2.89. The Kier molecular flexibility index (Phi) is 3.83. The molecule has 1 aliphatic carbocycles. The van der Waals surface area contributed by atoms with Crippen molar-refractivity contribution in [1.29, 1.82) is 0 Å². The van der Waals surface area contributed by atoms with Crippen LogP contribution in [0.1, 0.15) is 25.0 Å². The summed E-state index contributed by atoms with van der Waals surface area (Å²) in [5.41, 5.74) is 1.08. The molecule has 1 N–H and O–H groups in total. The molecule has 4 heteroatoms. The molecule has 1 fully saturated rings. The average molecular weight is 223 g/mol. The van der Waals surface area contributed by atoms with E-state index in [0.717, 1.165) is 43.7 Å². The molecular weight excluding hydrogens is 202 g/mol. The molecule has 4 nitrogen and oxygen atoms in total. The van der Waals surface area contributed by atoms with E-state index < -0.39 is 0 Å². The Balaban J connectivity index is 1.87. The molecule has 0 unspecified atom stereocenters. The van der Waals surface area contributed by atoms with E-state index in [9.17, 15) is 0 Å². The van der Waals surface area contributed by atoms with Crippen molar-refractivity contribution in [3.8, 4) is 0 Å². The average Bonchev–Trinajstić information content (AvgIpc) is 3.01. The summed E-state index contributed by atoms with van der Waals surface area (Å²) in [4.78, 5) is 4.50. The minimum Gasteiger partial charge on any atom is -0.385 e. The Morgan fingerprint density at radius 3 is 3.06 bits per heavy atom.